The average Bonchev–Trinajstić information content (AvgIpc) is 3.36. The van der Waals surface area contributed by atoms with Gasteiger partial charge in [-0.3, -0.25) is 10.1 Å². The summed E-state index contributed by atoms with van der Waals surface area (Å²) < 4.78 is 5.78. The van der Waals surface area contributed by atoms with Gasteiger partial charge in [0.2, 0.25) is 0 Å². The average molecular weight is 291 g/mol. The molecule has 3 N–H and O–H groups in total. The summed E-state index contributed by atoms with van der Waals surface area (Å²) >= 11 is 0. The Morgan fingerprint density at radius 1 is 1.29 bits per heavy atom. The molecule has 0 radical (unpaired) electrons. The second-order valence-electron chi connectivity index (χ2n) is 6.02. The van der Waals surface area contributed by atoms with Crippen LogP contribution in [0.4, 0.5) is 0 Å². The van der Waals surface area contributed by atoms with Gasteiger partial charge in [0.1, 0.15) is 12.4 Å². The van der Waals surface area contributed by atoms with E-state index in [0.29, 0.717) is 17.4 Å². The molecule has 1 atom stereocenters. The van der Waals surface area contributed by atoms with E-state index in [9.17, 15) is 15.0 Å². The summed E-state index contributed by atoms with van der Waals surface area (Å²) in [6, 6.07) is 7.50. The number of hydrogen-bond donors (Lipinski definition) is 3. The molecule has 2 saturated carbocycles. The minimum atomic E-state index is -0.996. The van der Waals surface area contributed by atoms with Gasteiger partial charge in [-0.25, -0.2) is 0 Å². The van der Waals surface area contributed by atoms with Crippen molar-refractivity contribution in [2.75, 3.05) is 6.61 Å². The van der Waals surface area contributed by atoms with Crippen LogP contribution in [0.5, 0.6) is 5.75 Å². The molecule has 0 bridgehead atoms. The molecule has 1 unspecified atom stereocenters. The number of para-hydroxylation sites is 1. The van der Waals surface area contributed by atoms with Crippen LogP contribution in [0.3, 0.4) is 0 Å². The van der Waals surface area contributed by atoms with Crippen LogP contribution in [0.1, 0.15) is 31.2 Å². The highest BCUT2D eigenvalue weighted by molar-refractivity contribution is 5.80. The summed E-state index contributed by atoms with van der Waals surface area (Å²) in [6.07, 6.45) is 3.93. The van der Waals surface area contributed by atoms with Crippen LogP contribution in [0, 0.1) is 5.92 Å². The normalized spacial score (nSPS) is 20.8. The van der Waals surface area contributed by atoms with Crippen LogP contribution in [0.25, 0.3) is 0 Å². The van der Waals surface area contributed by atoms with Crippen molar-refractivity contribution in [2.45, 2.75) is 43.9 Å². The third-order valence-electron chi connectivity index (χ3n) is 4.29. The van der Waals surface area contributed by atoms with E-state index in [1.54, 1.807) is 12.1 Å². The molecule has 5 nitrogen and oxygen atoms in total. The standard InChI is InChI=1S/C16H21NO4/c18-9-11-3-1-2-4-14(11)21-10-16(15(19)20,12-5-6-12)17-13-7-8-13/h1-4,12-13,17-18H,5-10H2,(H,19,20). The molecule has 2 aliphatic rings. The molecule has 1 aromatic rings. The van der Waals surface area contributed by atoms with Crippen molar-refractivity contribution >= 4 is 5.97 Å². The third kappa shape index (κ3) is 3.04. The Hall–Kier alpha value is -1.59. The van der Waals surface area contributed by atoms with Crippen molar-refractivity contribution in [2.24, 2.45) is 5.92 Å². The third-order valence-corrected chi connectivity index (χ3v) is 4.29. The minimum Gasteiger partial charge on any atom is -0.491 e. The smallest absolute Gasteiger partial charge is 0.327 e. The number of carboxylic acid groups (broad SMARTS) is 1. The lowest BCUT2D eigenvalue weighted by Gasteiger charge is -2.31. The molecular formula is C16H21NO4. The van der Waals surface area contributed by atoms with Gasteiger partial charge in [-0.15, -0.1) is 0 Å². The molecular weight excluding hydrogens is 270 g/mol. The Balaban J connectivity index is 1.76. The molecule has 5 heteroatoms. The van der Waals surface area contributed by atoms with Gasteiger partial charge in [-0.1, -0.05) is 18.2 Å². The number of rotatable bonds is 8. The van der Waals surface area contributed by atoms with Crippen molar-refractivity contribution in [3.63, 3.8) is 0 Å². The second kappa shape index (κ2) is 5.66. The van der Waals surface area contributed by atoms with Gasteiger partial charge in [-0.2, -0.15) is 0 Å². The number of carbonyl (C=O) groups is 1. The fraction of sp³-hybridized carbons (Fsp3) is 0.562. The number of aliphatic carboxylic acids is 1. The van der Waals surface area contributed by atoms with E-state index in [-0.39, 0.29) is 19.1 Å². The molecule has 0 aliphatic heterocycles. The summed E-state index contributed by atoms with van der Waals surface area (Å²) in [5.41, 5.74) is -0.317. The predicted octanol–water partition coefficient (Wildman–Crippen LogP) is 1.54. The van der Waals surface area contributed by atoms with E-state index in [4.69, 9.17) is 4.74 Å². The van der Waals surface area contributed by atoms with Crippen molar-refractivity contribution in [1.29, 1.82) is 0 Å². The highest BCUT2D eigenvalue weighted by Crippen LogP contribution is 2.42. The van der Waals surface area contributed by atoms with Crippen molar-refractivity contribution < 1.29 is 19.7 Å². The fourth-order valence-corrected chi connectivity index (χ4v) is 2.71. The van der Waals surface area contributed by atoms with E-state index < -0.39 is 11.5 Å². The highest BCUT2D eigenvalue weighted by atomic mass is 16.5. The molecule has 0 saturated heterocycles. The van der Waals surface area contributed by atoms with E-state index in [2.05, 4.69) is 5.32 Å². The Morgan fingerprint density at radius 3 is 2.57 bits per heavy atom. The van der Waals surface area contributed by atoms with E-state index >= 15 is 0 Å². The Labute approximate surface area is 123 Å². The van der Waals surface area contributed by atoms with Gasteiger partial charge < -0.3 is 14.9 Å². The quantitative estimate of drug-likeness (QED) is 0.677. The minimum absolute atomic E-state index is 0.0977. The molecule has 0 aromatic heterocycles. The van der Waals surface area contributed by atoms with Gasteiger partial charge in [-0.05, 0) is 37.7 Å². The summed E-state index contributed by atoms with van der Waals surface area (Å²) in [7, 11) is 0. The molecule has 2 fully saturated rings. The summed E-state index contributed by atoms with van der Waals surface area (Å²) in [4.78, 5) is 11.9. The number of benzene rings is 1. The van der Waals surface area contributed by atoms with Crippen molar-refractivity contribution in [1.82, 2.24) is 5.32 Å². The highest BCUT2D eigenvalue weighted by Gasteiger charge is 2.54. The Kier molecular flexibility index (Phi) is 3.87. The molecule has 2 aliphatic carbocycles. The van der Waals surface area contributed by atoms with Crippen molar-refractivity contribution in [3.8, 4) is 5.75 Å². The first-order valence-electron chi connectivity index (χ1n) is 7.48. The monoisotopic (exact) mass is 291 g/mol. The lowest BCUT2D eigenvalue weighted by Crippen LogP contribution is -2.59. The fourth-order valence-electron chi connectivity index (χ4n) is 2.71. The molecule has 0 heterocycles. The zero-order valence-corrected chi connectivity index (χ0v) is 11.9. The zero-order chi connectivity index (χ0) is 14.9. The first kappa shape index (κ1) is 14.4. The van der Waals surface area contributed by atoms with Crippen LogP contribution < -0.4 is 10.1 Å². The Bertz CT molecular complexity index is 525. The molecule has 0 amide bonds. The maximum Gasteiger partial charge on any atom is 0.327 e. The predicted molar refractivity (Wildman–Crippen MR) is 77.1 cm³/mol. The maximum absolute atomic E-state index is 11.9. The van der Waals surface area contributed by atoms with Gasteiger partial charge >= 0.3 is 5.97 Å². The Morgan fingerprint density at radius 2 is 2.00 bits per heavy atom. The van der Waals surface area contributed by atoms with Gasteiger partial charge in [0.25, 0.3) is 0 Å². The molecule has 1 aromatic carbocycles. The SMILES string of the molecule is O=C(O)C(COc1ccccc1CO)(NC1CC1)C1CC1. The zero-order valence-electron chi connectivity index (χ0n) is 11.9. The van der Waals surface area contributed by atoms with E-state index in [1.807, 2.05) is 12.1 Å². The first-order chi connectivity index (χ1) is 10.2. The number of aliphatic hydroxyl groups excluding tert-OH is 1. The van der Waals surface area contributed by atoms with Gasteiger partial charge in [0, 0.05) is 11.6 Å². The lowest BCUT2D eigenvalue weighted by molar-refractivity contribution is -0.147. The number of aliphatic hydroxyl groups is 1. The maximum atomic E-state index is 11.9. The van der Waals surface area contributed by atoms with E-state index in [1.165, 1.54) is 0 Å². The van der Waals surface area contributed by atoms with Crippen LogP contribution >= 0.6 is 0 Å². The lowest BCUT2D eigenvalue weighted by atomic mass is 9.94. The molecule has 3 rings (SSSR count). The first-order valence-corrected chi connectivity index (χ1v) is 7.48. The number of carboxylic acids is 1. The summed E-state index contributed by atoms with van der Waals surface area (Å²) in [6.45, 7) is -0.0176. The second-order valence-corrected chi connectivity index (χ2v) is 6.02. The topological polar surface area (TPSA) is 78.8 Å². The van der Waals surface area contributed by atoms with Crippen molar-refractivity contribution in [3.05, 3.63) is 29.8 Å². The van der Waals surface area contributed by atoms with Gasteiger partial charge in [0.15, 0.2) is 5.54 Å². The largest absolute Gasteiger partial charge is 0.491 e. The summed E-state index contributed by atoms with van der Waals surface area (Å²) in [5.74, 6) is -0.140. The number of hydrogen-bond acceptors (Lipinski definition) is 4. The van der Waals surface area contributed by atoms with E-state index in [0.717, 1.165) is 25.7 Å². The van der Waals surface area contributed by atoms with Gasteiger partial charge in [0.05, 0.1) is 6.61 Å². The number of nitrogens with one attached hydrogen (secondary N) is 1. The van der Waals surface area contributed by atoms with Crippen LogP contribution in [0.15, 0.2) is 24.3 Å². The summed E-state index contributed by atoms with van der Waals surface area (Å²) in [5, 5.41) is 22.3. The number of ether oxygens (including phenoxy) is 1. The molecule has 114 valence electrons. The van der Waals surface area contributed by atoms with Crippen LogP contribution in [-0.2, 0) is 11.4 Å². The van der Waals surface area contributed by atoms with Crippen LogP contribution in [-0.4, -0.2) is 34.4 Å². The molecule has 0 spiro atoms. The van der Waals surface area contributed by atoms with Crippen LogP contribution in [0.2, 0.25) is 0 Å². The molecule has 21 heavy (non-hydrogen) atoms.